The molecule has 0 aliphatic rings. The number of benzene rings is 1. The third kappa shape index (κ3) is 4.92. The van der Waals surface area contributed by atoms with E-state index in [2.05, 4.69) is 10.0 Å². The van der Waals surface area contributed by atoms with Crippen molar-refractivity contribution in [1.29, 1.82) is 0 Å². The van der Waals surface area contributed by atoms with E-state index in [4.69, 9.17) is 11.6 Å². The highest BCUT2D eigenvalue weighted by molar-refractivity contribution is 7.89. The van der Waals surface area contributed by atoms with Crippen LogP contribution in [0.2, 0.25) is 5.02 Å². The predicted molar refractivity (Wildman–Crippen MR) is 83.4 cm³/mol. The van der Waals surface area contributed by atoms with Gasteiger partial charge in [0, 0.05) is 23.7 Å². The number of halogens is 2. The Morgan fingerprint density at radius 3 is 2.43 bits per heavy atom. The Balaban J connectivity index is 3.08. The average molecular weight is 337 g/mol. The molecule has 0 bridgehead atoms. The first-order valence-corrected chi connectivity index (χ1v) is 8.67. The molecule has 0 saturated heterocycles. The summed E-state index contributed by atoms with van der Waals surface area (Å²) in [5, 5.41) is 2.98. The van der Waals surface area contributed by atoms with Crippen LogP contribution in [0.1, 0.15) is 26.3 Å². The first kappa shape index (κ1) is 18.4. The fraction of sp³-hybridized carbons (Fsp3) is 0.571. The van der Waals surface area contributed by atoms with Crippen LogP contribution in [0.25, 0.3) is 0 Å². The Morgan fingerprint density at radius 1 is 1.29 bits per heavy atom. The van der Waals surface area contributed by atoms with Gasteiger partial charge >= 0.3 is 0 Å². The van der Waals surface area contributed by atoms with Gasteiger partial charge in [0.25, 0.3) is 0 Å². The second-order valence-electron chi connectivity index (χ2n) is 5.48. The van der Waals surface area contributed by atoms with Crippen molar-refractivity contribution in [2.75, 3.05) is 13.6 Å². The molecule has 0 spiro atoms. The minimum Gasteiger partial charge on any atom is -0.316 e. The average Bonchev–Trinajstić information content (AvgIpc) is 2.39. The van der Waals surface area contributed by atoms with E-state index in [9.17, 15) is 12.8 Å². The van der Waals surface area contributed by atoms with Crippen molar-refractivity contribution in [2.45, 2.75) is 32.2 Å². The highest BCUT2D eigenvalue weighted by Gasteiger charge is 2.23. The van der Waals surface area contributed by atoms with Gasteiger partial charge in [0.1, 0.15) is 10.7 Å². The molecule has 0 heterocycles. The van der Waals surface area contributed by atoms with Crippen LogP contribution in [0, 0.1) is 17.7 Å². The first-order chi connectivity index (χ1) is 9.69. The molecule has 21 heavy (non-hydrogen) atoms. The Kier molecular flexibility index (Phi) is 6.59. The van der Waals surface area contributed by atoms with E-state index < -0.39 is 20.7 Å². The number of hydrogen-bond donors (Lipinski definition) is 2. The molecule has 4 nitrogen and oxygen atoms in total. The lowest BCUT2D eigenvalue weighted by atomic mass is 9.99. The molecule has 0 saturated carbocycles. The van der Waals surface area contributed by atoms with Gasteiger partial charge in [-0.15, -0.1) is 0 Å². The van der Waals surface area contributed by atoms with E-state index in [1.165, 1.54) is 6.07 Å². The molecule has 1 unspecified atom stereocenters. The van der Waals surface area contributed by atoms with Crippen molar-refractivity contribution in [3.8, 4) is 0 Å². The molecule has 1 rings (SSSR count). The van der Waals surface area contributed by atoms with Crippen LogP contribution in [0.3, 0.4) is 0 Å². The minimum atomic E-state index is -3.92. The molecule has 2 N–H and O–H groups in total. The summed E-state index contributed by atoms with van der Waals surface area (Å²) in [5.74, 6) is -0.283. The van der Waals surface area contributed by atoms with E-state index in [-0.39, 0.29) is 29.6 Å². The predicted octanol–water partition coefficient (Wildman–Crippen LogP) is 2.77. The zero-order valence-corrected chi connectivity index (χ0v) is 14.3. The van der Waals surface area contributed by atoms with Gasteiger partial charge in [0.15, 0.2) is 0 Å². The maximum atomic E-state index is 14.3. The van der Waals surface area contributed by atoms with Gasteiger partial charge in [-0.3, -0.25) is 0 Å². The number of hydrogen-bond acceptors (Lipinski definition) is 3. The summed E-state index contributed by atoms with van der Waals surface area (Å²) in [7, 11) is -2.27. The van der Waals surface area contributed by atoms with Crippen molar-refractivity contribution >= 4 is 21.6 Å². The molecular weight excluding hydrogens is 315 g/mol. The SMILES string of the molecule is CNCc1cc(Cl)cc(S(=O)(=O)NCC(C)C(C)C)c1F. The summed E-state index contributed by atoms with van der Waals surface area (Å²) in [6.45, 7) is 6.41. The molecular formula is C14H22ClFN2O2S. The number of nitrogens with one attached hydrogen (secondary N) is 2. The summed E-state index contributed by atoms with van der Waals surface area (Å²) in [6.07, 6.45) is 0. The lowest BCUT2D eigenvalue weighted by Crippen LogP contribution is -2.31. The van der Waals surface area contributed by atoms with Crippen LogP contribution in [-0.2, 0) is 16.6 Å². The molecule has 0 aliphatic heterocycles. The van der Waals surface area contributed by atoms with Gasteiger partial charge in [0.05, 0.1) is 0 Å². The minimum absolute atomic E-state index is 0.152. The van der Waals surface area contributed by atoms with Crippen molar-refractivity contribution in [3.63, 3.8) is 0 Å². The monoisotopic (exact) mass is 336 g/mol. The smallest absolute Gasteiger partial charge is 0.243 e. The lowest BCUT2D eigenvalue weighted by molar-refractivity contribution is 0.414. The van der Waals surface area contributed by atoms with Crippen molar-refractivity contribution in [2.24, 2.45) is 11.8 Å². The van der Waals surface area contributed by atoms with Gasteiger partial charge < -0.3 is 5.32 Å². The van der Waals surface area contributed by atoms with Crippen molar-refractivity contribution < 1.29 is 12.8 Å². The maximum absolute atomic E-state index is 14.3. The Hall–Kier alpha value is -0.690. The summed E-state index contributed by atoms with van der Waals surface area (Å²) < 4.78 is 41.3. The summed E-state index contributed by atoms with van der Waals surface area (Å²) >= 11 is 5.89. The zero-order valence-electron chi connectivity index (χ0n) is 12.7. The summed E-state index contributed by atoms with van der Waals surface area (Å²) in [5.41, 5.74) is 0.224. The molecule has 0 aliphatic carbocycles. The van der Waals surface area contributed by atoms with Gasteiger partial charge in [-0.1, -0.05) is 32.4 Å². The first-order valence-electron chi connectivity index (χ1n) is 6.81. The van der Waals surface area contributed by atoms with Gasteiger partial charge in [-0.05, 0) is 31.0 Å². The molecule has 1 aromatic carbocycles. The van der Waals surface area contributed by atoms with Crippen molar-refractivity contribution in [3.05, 3.63) is 28.5 Å². The van der Waals surface area contributed by atoms with Crippen LogP contribution < -0.4 is 10.0 Å². The van der Waals surface area contributed by atoms with E-state index in [1.807, 2.05) is 20.8 Å². The molecule has 7 heteroatoms. The standard InChI is InChI=1S/C14H22ClFN2O2S/c1-9(2)10(3)7-18-21(19,20)13-6-12(15)5-11(8-17-4)14(13)16/h5-6,9-10,17-18H,7-8H2,1-4H3. The molecule has 0 fully saturated rings. The lowest BCUT2D eigenvalue weighted by Gasteiger charge is -2.17. The maximum Gasteiger partial charge on any atom is 0.243 e. The quantitative estimate of drug-likeness (QED) is 0.805. The second kappa shape index (κ2) is 7.54. The van der Waals surface area contributed by atoms with E-state index in [1.54, 1.807) is 7.05 Å². The van der Waals surface area contributed by atoms with Gasteiger partial charge in [0.2, 0.25) is 10.0 Å². The van der Waals surface area contributed by atoms with E-state index >= 15 is 0 Å². The largest absolute Gasteiger partial charge is 0.316 e. The van der Waals surface area contributed by atoms with E-state index in [0.717, 1.165) is 6.07 Å². The van der Waals surface area contributed by atoms with Crippen LogP contribution in [-0.4, -0.2) is 22.0 Å². The second-order valence-corrected chi connectivity index (χ2v) is 7.65. The van der Waals surface area contributed by atoms with Gasteiger partial charge in [-0.2, -0.15) is 0 Å². The molecule has 0 aromatic heterocycles. The van der Waals surface area contributed by atoms with E-state index in [0.29, 0.717) is 5.92 Å². The molecule has 1 aromatic rings. The summed E-state index contributed by atoms with van der Waals surface area (Å²) in [6, 6.07) is 2.56. The summed E-state index contributed by atoms with van der Waals surface area (Å²) in [4.78, 5) is -0.406. The Bertz CT molecular complexity index is 591. The van der Waals surface area contributed by atoms with Gasteiger partial charge in [-0.25, -0.2) is 17.5 Å². The Labute approximate surface area is 131 Å². The van der Waals surface area contributed by atoms with Crippen LogP contribution in [0.5, 0.6) is 0 Å². The Morgan fingerprint density at radius 2 is 1.90 bits per heavy atom. The molecule has 1 atom stereocenters. The highest BCUT2D eigenvalue weighted by atomic mass is 35.5. The molecule has 0 amide bonds. The third-order valence-electron chi connectivity index (χ3n) is 3.47. The normalized spacial score (nSPS) is 13.7. The van der Waals surface area contributed by atoms with Crippen molar-refractivity contribution in [1.82, 2.24) is 10.0 Å². The molecule has 120 valence electrons. The third-order valence-corrected chi connectivity index (χ3v) is 5.11. The van der Waals surface area contributed by atoms with Crippen LogP contribution in [0.15, 0.2) is 17.0 Å². The van der Waals surface area contributed by atoms with Crippen LogP contribution in [0.4, 0.5) is 4.39 Å². The fourth-order valence-electron chi connectivity index (χ4n) is 1.69. The topological polar surface area (TPSA) is 58.2 Å². The number of sulfonamides is 1. The zero-order chi connectivity index (χ0) is 16.2. The highest BCUT2D eigenvalue weighted by Crippen LogP contribution is 2.24. The molecule has 0 radical (unpaired) electrons. The van der Waals surface area contributed by atoms with Crippen LogP contribution >= 0.6 is 11.6 Å². The fourth-order valence-corrected chi connectivity index (χ4v) is 3.28. The number of rotatable bonds is 7.